The topological polar surface area (TPSA) is 90.1 Å². The van der Waals surface area contributed by atoms with Crippen molar-refractivity contribution in [3.05, 3.63) is 53.9 Å². The number of rotatable bonds is 6. The van der Waals surface area contributed by atoms with Crippen molar-refractivity contribution in [3.8, 4) is 5.75 Å². The van der Waals surface area contributed by atoms with Crippen molar-refractivity contribution in [2.24, 2.45) is 11.8 Å². The number of hydrogen-bond acceptors (Lipinski definition) is 6. The molecule has 0 unspecified atom stereocenters. The number of nitrogens with one attached hydrogen (secondary N) is 1. The summed E-state index contributed by atoms with van der Waals surface area (Å²) in [7, 11) is 1.62. The number of carbonyl (C=O) groups excluding carboxylic acids is 1. The maximum atomic E-state index is 12.8. The van der Waals surface area contributed by atoms with Gasteiger partial charge in [0.1, 0.15) is 11.6 Å². The Morgan fingerprint density at radius 2 is 1.97 bits per heavy atom. The number of nitrogens with zero attached hydrogens (tertiary/aromatic N) is 6. The molecular weight excluding hydrogens is 394 g/mol. The number of carbonyl (C=O) groups is 1. The number of anilines is 1. The Labute approximate surface area is 181 Å². The number of benzene rings is 1. The van der Waals surface area contributed by atoms with E-state index in [2.05, 4.69) is 38.6 Å². The first-order valence-electron chi connectivity index (χ1n) is 10.7. The fourth-order valence-electron chi connectivity index (χ4n) is 4.70. The quantitative estimate of drug-likeness (QED) is 0.655. The van der Waals surface area contributed by atoms with E-state index in [0.717, 1.165) is 50.7 Å². The van der Waals surface area contributed by atoms with Gasteiger partial charge in [0.05, 0.1) is 13.3 Å². The summed E-state index contributed by atoms with van der Waals surface area (Å²) in [6, 6.07) is 7.26. The number of fused-ring (bicyclic) bond motifs is 2. The zero-order chi connectivity index (χ0) is 21.4. The lowest BCUT2D eigenvalue weighted by Gasteiger charge is -2.25. The summed E-state index contributed by atoms with van der Waals surface area (Å²) in [4.78, 5) is 15.3. The van der Waals surface area contributed by atoms with E-state index >= 15 is 0 Å². The Balaban J connectivity index is 1.25. The molecule has 2 atom stereocenters. The molecule has 1 saturated heterocycles. The minimum atomic E-state index is -0.232. The van der Waals surface area contributed by atoms with Crippen LogP contribution in [0.15, 0.2) is 36.7 Å². The highest BCUT2D eigenvalue weighted by Gasteiger charge is 2.39. The number of aryl methyl sites for hydroxylation is 1. The van der Waals surface area contributed by atoms with Crippen molar-refractivity contribution in [3.63, 3.8) is 0 Å². The summed E-state index contributed by atoms with van der Waals surface area (Å²) >= 11 is 0. The first-order valence-corrected chi connectivity index (χ1v) is 10.7. The molecule has 162 valence electrons. The van der Waals surface area contributed by atoms with Crippen LogP contribution in [0.3, 0.4) is 0 Å². The van der Waals surface area contributed by atoms with E-state index in [9.17, 15) is 4.79 Å². The molecule has 4 heterocycles. The standard InChI is InChI=1S/C22H27N7O2/c1-3-28-11-15(9-23-28)10-27-12-16-8-20-25-26-21(29(20)14-17(16)13-27)22(30)24-18-4-6-19(31-2)7-5-18/h4-7,9,11,16-17H,3,8,10,12-14H2,1-2H3,(H,24,30)/t16-,17-/m0/s1. The number of methoxy groups -OCH3 is 1. The maximum Gasteiger partial charge on any atom is 0.293 e. The van der Waals surface area contributed by atoms with Crippen LogP contribution in [0.5, 0.6) is 5.75 Å². The lowest BCUT2D eigenvalue weighted by atomic mass is 9.89. The van der Waals surface area contributed by atoms with Crippen LogP contribution in [-0.4, -0.2) is 55.6 Å². The van der Waals surface area contributed by atoms with Gasteiger partial charge in [0, 0.05) is 56.6 Å². The van der Waals surface area contributed by atoms with Gasteiger partial charge in [-0.3, -0.25) is 14.4 Å². The number of hydrogen-bond donors (Lipinski definition) is 1. The van der Waals surface area contributed by atoms with Crippen LogP contribution in [0.2, 0.25) is 0 Å². The fourth-order valence-corrected chi connectivity index (χ4v) is 4.70. The molecule has 0 aliphatic carbocycles. The van der Waals surface area contributed by atoms with E-state index in [1.54, 1.807) is 7.11 Å². The van der Waals surface area contributed by atoms with Crippen molar-refractivity contribution >= 4 is 11.6 Å². The molecule has 0 spiro atoms. The summed E-state index contributed by atoms with van der Waals surface area (Å²) in [6.07, 6.45) is 4.94. The molecule has 2 aliphatic rings. The second kappa shape index (κ2) is 8.14. The second-order valence-electron chi connectivity index (χ2n) is 8.36. The predicted octanol–water partition coefficient (Wildman–Crippen LogP) is 2.06. The molecule has 1 fully saturated rings. The zero-order valence-electron chi connectivity index (χ0n) is 17.9. The third kappa shape index (κ3) is 3.93. The van der Waals surface area contributed by atoms with Gasteiger partial charge in [0.15, 0.2) is 0 Å². The van der Waals surface area contributed by atoms with Crippen LogP contribution in [-0.2, 0) is 26.1 Å². The number of likely N-dealkylation sites (tertiary alicyclic amines) is 1. The Morgan fingerprint density at radius 1 is 1.16 bits per heavy atom. The fraction of sp³-hybridized carbons (Fsp3) is 0.455. The molecule has 1 amide bonds. The highest BCUT2D eigenvalue weighted by molar-refractivity contribution is 6.01. The van der Waals surface area contributed by atoms with Crippen molar-refractivity contribution in [2.75, 3.05) is 25.5 Å². The minimum absolute atomic E-state index is 0.232. The molecule has 9 nitrogen and oxygen atoms in total. The Hall–Kier alpha value is -3.20. The van der Waals surface area contributed by atoms with Gasteiger partial charge < -0.3 is 14.6 Å². The first-order chi connectivity index (χ1) is 15.1. The second-order valence-corrected chi connectivity index (χ2v) is 8.36. The molecule has 2 aromatic heterocycles. The molecule has 1 aromatic carbocycles. The average Bonchev–Trinajstić information content (AvgIpc) is 3.50. The smallest absolute Gasteiger partial charge is 0.293 e. The largest absolute Gasteiger partial charge is 0.497 e. The van der Waals surface area contributed by atoms with Crippen LogP contribution in [0.1, 0.15) is 28.9 Å². The summed E-state index contributed by atoms with van der Waals surface area (Å²) in [5, 5.41) is 15.8. The molecule has 3 aromatic rings. The van der Waals surface area contributed by atoms with E-state index in [4.69, 9.17) is 4.74 Å². The van der Waals surface area contributed by atoms with E-state index in [0.29, 0.717) is 23.3 Å². The lowest BCUT2D eigenvalue weighted by molar-refractivity contribution is 0.100. The van der Waals surface area contributed by atoms with Gasteiger partial charge in [-0.2, -0.15) is 5.10 Å². The molecule has 0 radical (unpaired) electrons. The van der Waals surface area contributed by atoms with Crippen LogP contribution >= 0.6 is 0 Å². The number of ether oxygens (including phenoxy) is 1. The van der Waals surface area contributed by atoms with Crippen molar-refractivity contribution in [1.82, 2.24) is 29.4 Å². The molecule has 1 N–H and O–H groups in total. The molecule has 2 aliphatic heterocycles. The van der Waals surface area contributed by atoms with Gasteiger partial charge >= 0.3 is 0 Å². The van der Waals surface area contributed by atoms with Gasteiger partial charge in [-0.05, 0) is 43.0 Å². The van der Waals surface area contributed by atoms with E-state index < -0.39 is 0 Å². The van der Waals surface area contributed by atoms with Gasteiger partial charge in [0.25, 0.3) is 5.91 Å². The molecule has 5 rings (SSSR count). The van der Waals surface area contributed by atoms with Gasteiger partial charge in [0.2, 0.25) is 5.82 Å². The molecule has 0 saturated carbocycles. The minimum Gasteiger partial charge on any atom is -0.497 e. The molecule has 31 heavy (non-hydrogen) atoms. The molecule has 9 heteroatoms. The van der Waals surface area contributed by atoms with Crippen LogP contribution in [0.25, 0.3) is 0 Å². The summed E-state index contributed by atoms with van der Waals surface area (Å²) < 4.78 is 9.13. The van der Waals surface area contributed by atoms with Crippen LogP contribution in [0.4, 0.5) is 5.69 Å². The van der Waals surface area contributed by atoms with Crippen molar-refractivity contribution < 1.29 is 9.53 Å². The average molecular weight is 422 g/mol. The SMILES string of the molecule is CCn1cc(CN2C[C@@H]3Cc4nnc(C(=O)Nc5ccc(OC)cc5)n4C[C@@H]3C2)cn1. The Morgan fingerprint density at radius 3 is 2.71 bits per heavy atom. The third-order valence-corrected chi connectivity index (χ3v) is 6.31. The predicted molar refractivity (Wildman–Crippen MR) is 115 cm³/mol. The highest BCUT2D eigenvalue weighted by atomic mass is 16.5. The summed E-state index contributed by atoms with van der Waals surface area (Å²) in [6.45, 7) is 6.74. The monoisotopic (exact) mass is 421 g/mol. The number of aromatic nitrogens is 5. The first kappa shape index (κ1) is 19.7. The number of amides is 1. The third-order valence-electron chi connectivity index (χ3n) is 6.31. The Kier molecular flexibility index (Phi) is 5.19. The van der Waals surface area contributed by atoms with Gasteiger partial charge in [-0.15, -0.1) is 10.2 Å². The van der Waals surface area contributed by atoms with Crippen LogP contribution in [0, 0.1) is 11.8 Å². The summed E-state index contributed by atoms with van der Waals surface area (Å²) in [5.74, 6) is 2.85. The van der Waals surface area contributed by atoms with E-state index in [1.807, 2.05) is 39.7 Å². The zero-order valence-corrected chi connectivity index (χ0v) is 17.9. The van der Waals surface area contributed by atoms with Gasteiger partial charge in [-0.25, -0.2) is 0 Å². The highest BCUT2D eigenvalue weighted by Crippen LogP contribution is 2.33. The molecule has 0 bridgehead atoms. The molecular formula is C22H27N7O2. The van der Waals surface area contributed by atoms with E-state index in [1.165, 1.54) is 5.56 Å². The van der Waals surface area contributed by atoms with Crippen LogP contribution < -0.4 is 10.1 Å². The van der Waals surface area contributed by atoms with Crippen molar-refractivity contribution in [2.45, 2.75) is 33.0 Å². The normalized spacial score (nSPS) is 20.3. The maximum absolute atomic E-state index is 12.8. The summed E-state index contributed by atoms with van der Waals surface area (Å²) in [5.41, 5.74) is 1.95. The van der Waals surface area contributed by atoms with E-state index in [-0.39, 0.29) is 5.91 Å². The van der Waals surface area contributed by atoms with Crippen molar-refractivity contribution in [1.29, 1.82) is 0 Å². The Bertz CT molecular complexity index is 1070. The van der Waals surface area contributed by atoms with Gasteiger partial charge in [-0.1, -0.05) is 0 Å². The lowest BCUT2D eigenvalue weighted by Crippen LogP contribution is -2.31.